The first-order valence-electron chi connectivity index (χ1n) is 8.35. The number of rotatable bonds is 3. The van der Waals surface area contributed by atoms with Crippen LogP contribution in [0.4, 0.5) is 0 Å². The molecule has 5 nitrogen and oxygen atoms in total. The average Bonchev–Trinajstić information content (AvgIpc) is 2.65. The van der Waals surface area contributed by atoms with E-state index in [0.717, 1.165) is 16.7 Å². The summed E-state index contributed by atoms with van der Waals surface area (Å²) < 4.78 is 10.9. The standard InChI is InChI=1S/C21H17NO4/c1-13-7-8-15-9-16-10-17(21(24)26-19(16)11-18(15)25-13)20(23)22-12-14-5-3-2-4-6-14/h2-9,11,17H,1,10,12H2,(H,22,23). The maximum atomic E-state index is 12.5. The third kappa shape index (κ3) is 3.11. The highest BCUT2D eigenvalue weighted by Crippen LogP contribution is 2.37. The summed E-state index contributed by atoms with van der Waals surface area (Å²) >= 11 is 0. The number of allylic oxidation sites excluding steroid dienone is 1. The average molecular weight is 347 g/mol. The lowest BCUT2D eigenvalue weighted by Gasteiger charge is -2.25. The Labute approximate surface area is 150 Å². The van der Waals surface area contributed by atoms with Gasteiger partial charge in [-0.2, -0.15) is 0 Å². The molecule has 1 unspecified atom stereocenters. The highest BCUT2D eigenvalue weighted by atomic mass is 16.5. The number of hydrogen-bond acceptors (Lipinski definition) is 4. The molecule has 5 heteroatoms. The number of nitrogens with one attached hydrogen (secondary N) is 1. The summed E-state index contributed by atoms with van der Waals surface area (Å²) in [6.45, 7) is 4.13. The van der Waals surface area contributed by atoms with Crippen LogP contribution in [-0.2, 0) is 22.6 Å². The number of carbonyl (C=O) groups excluding carboxylic acids is 2. The highest BCUT2D eigenvalue weighted by Gasteiger charge is 2.35. The third-order valence-corrected chi connectivity index (χ3v) is 4.43. The van der Waals surface area contributed by atoms with Crippen LogP contribution in [0, 0.1) is 5.92 Å². The van der Waals surface area contributed by atoms with Gasteiger partial charge in [-0.3, -0.25) is 9.59 Å². The second-order valence-corrected chi connectivity index (χ2v) is 6.28. The van der Waals surface area contributed by atoms with Crippen molar-refractivity contribution >= 4 is 18.0 Å². The first kappa shape index (κ1) is 16.1. The molecule has 130 valence electrons. The molecule has 0 aromatic heterocycles. The lowest BCUT2D eigenvalue weighted by Crippen LogP contribution is -2.40. The Morgan fingerprint density at radius 3 is 2.73 bits per heavy atom. The van der Waals surface area contributed by atoms with Crippen LogP contribution in [0.3, 0.4) is 0 Å². The van der Waals surface area contributed by atoms with Crippen molar-refractivity contribution < 1.29 is 19.1 Å². The molecule has 2 heterocycles. The lowest BCUT2D eigenvalue weighted by atomic mass is 9.93. The van der Waals surface area contributed by atoms with E-state index in [-0.39, 0.29) is 5.91 Å². The van der Waals surface area contributed by atoms with Gasteiger partial charge in [-0.15, -0.1) is 0 Å². The molecule has 2 aromatic carbocycles. The van der Waals surface area contributed by atoms with Crippen LogP contribution in [0.15, 0.2) is 60.9 Å². The molecule has 1 N–H and O–H groups in total. The van der Waals surface area contributed by atoms with Gasteiger partial charge in [-0.05, 0) is 35.8 Å². The highest BCUT2D eigenvalue weighted by molar-refractivity contribution is 6.00. The van der Waals surface area contributed by atoms with Crippen LogP contribution in [0.1, 0.15) is 16.7 Å². The molecule has 0 bridgehead atoms. The Morgan fingerprint density at radius 1 is 1.12 bits per heavy atom. The Hall–Kier alpha value is -3.34. The van der Waals surface area contributed by atoms with Gasteiger partial charge in [0.15, 0.2) is 0 Å². The number of hydrogen-bond donors (Lipinski definition) is 1. The van der Waals surface area contributed by atoms with Crippen LogP contribution in [0.2, 0.25) is 0 Å². The van der Waals surface area contributed by atoms with Gasteiger partial charge in [-0.25, -0.2) is 0 Å². The van der Waals surface area contributed by atoms with Gasteiger partial charge in [0.25, 0.3) is 0 Å². The van der Waals surface area contributed by atoms with E-state index in [1.807, 2.05) is 42.5 Å². The van der Waals surface area contributed by atoms with Crippen molar-refractivity contribution in [1.82, 2.24) is 5.32 Å². The quantitative estimate of drug-likeness (QED) is 0.527. The van der Waals surface area contributed by atoms with Crippen LogP contribution in [0.25, 0.3) is 6.08 Å². The minimum absolute atomic E-state index is 0.302. The zero-order valence-corrected chi connectivity index (χ0v) is 14.0. The molecule has 2 aromatic rings. The van der Waals surface area contributed by atoms with Crippen LogP contribution >= 0.6 is 0 Å². The topological polar surface area (TPSA) is 64.6 Å². The molecule has 0 fully saturated rings. The van der Waals surface area contributed by atoms with Crippen molar-refractivity contribution in [2.24, 2.45) is 5.92 Å². The molecule has 4 rings (SSSR count). The predicted molar refractivity (Wildman–Crippen MR) is 96.4 cm³/mol. The number of ether oxygens (including phenoxy) is 2. The Bertz CT molecular complexity index is 931. The number of fused-ring (bicyclic) bond motifs is 2. The largest absolute Gasteiger partial charge is 0.457 e. The summed E-state index contributed by atoms with van der Waals surface area (Å²) in [6, 6.07) is 13.1. The van der Waals surface area contributed by atoms with Crippen molar-refractivity contribution in [3.63, 3.8) is 0 Å². The van der Waals surface area contributed by atoms with Crippen LogP contribution < -0.4 is 14.8 Å². The summed E-state index contributed by atoms with van der Waals surface area (Å²) in [4.78, 5) is 24.7. The molecule has 0 saturated heterocycles. The maximum absolute atomic E-state index is 12.5. The van der Waals surface area contributed by atoms with E-state index >= 15 is 0 Å². The summed E-state index contributed by atoms with van der Waals surface area (Å²) in [6.07, 6.45) is 3.97. The van der Waals surface area contributed by atoms with Gasteiger partial charge in [0.05, 0.1) is 0 Å². The summed E-state index contributed by atoms with van der Waals surface area (Å²) in [5.74, 6) is -0.180. The molecule has 0 saturated carbocycles. The zero-order valence-electron chi connectivity index (χ0n) is 14.0. The fourth-order valence-electron chi connectivity index (χ4n) is 3.05. The molecular formula is C21H17NO4. The van der Waals surface area contributed by atoms with Crippen molar-refractivity contribution in [3.8, 4) is 11.5 Å². The fraction of sp³-hybridized carbons (Fsp3) is 0.143. The van der Waals surface area contributed by atoms with E-state index in [9.17, 15) is 9.59 Å². The first-order chi connectivity index (χ1) is 12.6. The Balaban J connectivity index is 1.51. The minimum Gasteiger partial charge on any atom is -0.457 e. The normalized spacial score (nSPS) is 17.6. The van der Waals surface area contributed by atoms with Crippen molar-refractivity contribution in [2.45, 2.75) is 13.0 Å². The van der Waals surface area contributed by atoms with Gasteiger partial charge in [0.2, 0.25) is 5.91 Å². The second-order valence-electron chi connectivity index (χ2n) is 6.28. The number of benzene rings is 2. The van der Waals surface area contributed by atoms with Crippen LogP contribution in [-0.4, -0.2) is 11.9 Å². The van der Waals surface area contributed by atoms with E-state index in [1.54, 1.807) is 12.1 Å². The van der Waals surface area contributed by atoms with Crippen molar-refractivity contribution in [1.29, 1.82) is 0 Å². The van der Waals surface area contributed by atoms with E-state index in [0.29, 0.717) is 30.2 Å². The van der Waals surface area contributed by atoms with E-state index in [2.05, 4.69) is 11.9 Å². The summed E-state index contributed by atoms with van der Waals surface area (Å²) in [5, 5.41) is 2.81. The van der Waals surface area contributed by atoms with E-state index < -0.39 is 11.9 Å². The third-order valence-electron chi connectivity index (χ3n) is 4.43. The van der Waals surface area contributed by atoms with Gasteiger partial charge >= 0.3 is 5.97 Å². The molecule has 2 aliphatic rings. The number of amides is 1. The zero-order chi connectivity index (χ0) is 18.1. The minimum atomic E-state index is -0.854. The molecule has 0 aliphatic carbocycles. The molecule has 2 aliphatic heterocycles. The van der Waals surface area contributed by atoms with E-state index in [4.69, 9.17) is 9.47 Å². The summed E-state index contributed by atoms with van der Waals surface area (Å²) in [5.41, 5.74) is 2.66. The smallest absolute Gasteiger partial charge is 0.324 e. The van der Waals surface area contributed by atoms with Gasteiger partial charge < -0.3 is 14.8 Å². The number of esters is 1. The van der Waals surface area contributed by atoms with Crippen molar-refractivity contribution in [3.05, 3.63) is 77.6 Å². The molecule has 0 radical (unpaired) electrons. The predicted octanol–water partition coefficient (Wildman–Crippen LogP) is 3.00. The molecular weight excluding hydrogens is 330 g/mol. The van der Waals surface area contributed by atoms with Gasteiger partial charge in [-0.1, -0.05) is 36.9 Å². The number of carbonyl (C=O) groups is 2. The molecule has 1 atom stereocenters. The van der Waals surface area contributed by atoms with Crippen LogP contribution in [0.5, 0.6) is 11.5 Å². The lowest BCUT2D eigenvalue weighted by molar-refractivity contribution is -0.146. The Morgan fingerprint density at radius 2 is 1.92 bits per heavy atom. The molecule has 26 heavy (non-hydrogen) atoms. The first-order valence-corrected chi connectivity index (χ1v) is 8.35. The molecule has 0 spiro atoms. The van der Waals surface area contributed by atoms with Crippen molar-refractivity contribution in [2.75, 3.05) is 0 Å². The Kier molecular flexibility index (Phi) is 4.05. The monoisotopic (exact) mass is 347 g/mol. The molecule has 1 amide bonds. The second kappa shape index (κ2) is 6.52. The fourth-order valence-corrected chi connectivity index (χ4v) is 3.05. The SMILES string of the molecule is C=C1C=Cc2cc3c(cc2O1)OC(=O)C(C(=O)NCc1ccccc1)C3. The van der Waals surface area contributed by atoms with E-state index in [1.165, 1.54) is 0 Å². The maximum Gasteiger partial charge on any atom is 0.324 e. The van der Waals surface area contributed by atoms with Gasteiger partial charge in [0.1, 0.15) is 23.2 Å². The summed E-state index contributed by atoms with van der Waals surface area (Å²) in [7, 11) is 0. The van der Waals surface area contributed by atoms with Gasteiger partial charge in [0, 0.05) is 18.2 Å².